The molecule has 0 radical (unpaired) electrons. The van der Waals surface area contributed by atoms with Gasteiger partial charge in [-0.25, -0.2) is 4.39 Å². The second kappa shape index (κ2) is 6.71. The first-order chi connectivity index (χ1) is 10.8. The minimum atomic E-state index is -1.02. The van der Waals surface area contributed by atoms with Crippen LogP contribution in [0.25, 0.3) is 10.8 Å². The summed E-state index contributed by atoms with van der Waals surface area (Å²) in [5.74, 6) is -0.197. The van der Waals surface area contributed by atoms with Crippen molar-refractivity contribution >= 4 is 10.8 Å². The van der Waals surface area contributed by atoms with E-state index in [9.17, 15) is 0 Å². The zero-order valence-corrected chi connectivity index (χ0v) is 12.7. The lowest BCUT2D eigenvalue weighted by atomic mass is 9.89. The maximum absolute atomic E-state index is 15.0. The van der Waals surface area contributed by atoms with Crippen LogP contribution in [-0.4, -0.2) is 13.6 Å². The molecule has 2 atom stereocenters. The highest BCUT2D eigenvalue weighted by Gasteiger charge is 2.24. The Labute approximate surface area is 130 Å². The molecule has 0 heterocycles. The predicted octanol–water partition coefficient (Wildman–Crippen LogP) is 4.85. The first-order valence-corrected chi connectivity index (χ1v) is 7.62. The van der Waals surface area contributed by atoms with Gasteiger partial charge in [0.1, 0.15) is 6.17 Å². The van der Waals surface area contributed by atoms with Crippen LogP contribution in [-0.2, 0) is 0 Å². The Kier molecular flexibility index (Phi) is 4.50. The van der Waals surface area contributed by atoms with Crippen LogP contribution in [0.5, 0.6) is 0 Å². The molecule has 0 saturated heterocycles. The van der Waals surface area contributed by atoms with Crippen LogP contribution in [0.3, 0.4) is 0 Å². The number of alkyl halides is 1. The molecule has 1 unspecified atom stereocenters. The SMILES string of the molecule is CNC[C@H](c1ccc2ccccc2c1)C(F)c1ccccc1. The largest absolute Gasteiger partial charge is 0.319 e. The van der Waals surface area contributed by atoms with Gasteiger partial charge >= 0.3 is 0 Å². The average molecular weight is 293 g/mol. The third-order valence-corrected chi connectivity index (χ3v) is 4.10. The van der Waals surface area contributed by atoms with Gasteiger partial charge in [-0.05, 0) is 28.9 Å². The lowest BCUT2D eigenvalue weighted by Crippen LogP contribution is -2.21. The van der Waals surface area contributed by atoms with Crippen LogP contribution >= 0.6 is 0 Å². The molecule has 3 aromatic rings. The first kappa shape index (κ1) is 14.7. The molecule has 1 N–H and O–H groups in total. The van der Waals surface area contributed by atoms with Gasteiger partial charge in [0.2, 0.25) is 0 Å². The fourth-order valence-electron chi connectivity index (χ4n) is 2.92. The number of fused-ring (bicyclic) bond motifs is 1. The van der Waals surface area contributed by atoms with Gasteiger partial charge in [0.15, 0.2) is 0 Å². The summed E-state index contributed by atoms with van der Waals surface area (Å²) in [7, 11) is 1.87. The predicted molar refractivity (Wildman–Crippen MR) is 90.9 cm³/mol. The highest BCUT2D eigenvalue weighted by atomic mass is 19.1. The van der Waals surface area contributed by atoms with Gasteiger partial charge in [0, 0.05) is 12.5 Å². The van der Waals surface area contributed by atoms with Gasteiger partial charge in [-0.15, -0.1) is 0 Å². The van der Waals surface area contributed by atoms with Crippen LogP contribution in [0.4, 0.5) is 4.39 Å². The minimum Gasteiger partial charge on any atom is -0.319 e. The topological polar surface area (TPSA) is 12.0 Å². The molecule has 0 aromatic heterocycles. The van der Waals surface area contributed by atoms with E-state index in [0.717, 1.165) is 16.5 Å². The zero-order chi connectivity index (χ0) is 15.4. The summed E-state index contributed by atoms with van der Waals surface area (Å²) in [5, 5.41) is 5.46. The van der Waals surface area contributed by atoms with Gasteiger partial charge in [0.05, 0.1) is 0 Å². The fourth-order valence-corrected chi connectivity index (χ4v) is 2.92. The average Bonchev–Trinajstić information content (AvgIpc) is 2.59. The summed E-state index contributed by atoms with van der Waals surface area (Å²) in [6.45, 7) is 0.606. The molecule has 0 aliphatic carbocycles. The van der Waals surface area contributed by atoms with E-state index in [0.29, 0.717) is 6.54 Å². The third kappa shape index (κ3) is 3.02. The van der Waals surface area contributed by atoms with Crippen LogP contribution in [0.1, 0.15) is 23.2 Å². The smallest absolute Gasteiger partial charge is 0.133 e. The van der Waals surface area contributed by atoms with Crippen molar-refractivity contribution in [2.75, 3.05) is 13.6 Å². The van der Waals surface area contributed by atoms with Gasteiger partial charge in [0.25, 0.3) is 0 Å². The Morgan fingerprint density at radius 2 is 1.50 bits per heavy atom. The molecule has 0 aliphatic heterocycles. The van der Waals surface area contributed by atoms with Crippen LogP contribution < -0.4 is 5.32 Å². The molecule has 0 saturated carbocycles. The van der Waals surface area contributed by atoms with E-state index >= 15 is 4.39 Å². The van der Waals surface area contributed by atoms with Gasteiger partial charge in [-0.2, -0.15) is 0 Å². The maximum Gasteiger partial charge on any atom is 0.133 e. The van der Waals surface area contributed by atoms with E-state index in [2.05, 4.69) is 29.6 Å². The van der Waals surface area contributed by atoms with Crippen molar-refractivity contribution in [3.8, 4) is 0 Å². The van der Waals surface area contributed by atoms with Crippen molar-refractivity contribution in [3.05, 3.63) is 83.9 Å². The Balaban J connectivity index is 1.98. The number of rotatable bonds is 5. The van der Waals surface area contributed by atoms with Crippen LogP contribution in [0.2, 0.25) is 0 Å². The van der Waals surface area contributed by atoms with Crippen LogP contribution in [0.15, 0.2) is 72.8 Å². The summed E-state index contributed by atoms with van der Waals surface area (Å²) in [6.07, 6.45) is -1.02. The lowest BCUT2D eigenvalue weighted by molar-refractivity contribution is 0.284. The summed E-state index contributed by atoms with van der Waals surface area (Å²) >= 11 is 0. The Morgan fingerprint density at radius 3 is 2.23 bits per heavy atom. The van der Waals surface area contributed by atoms with Crippen molar-refractivity contribution in [2.45, 2.75) is 12.1 Å². The number of hydrogen-bond acceptors (Lipinski definition) is 1. The number of benzene rings is 3. The summed E-state index contributed by atoms with van der Waals surface area (Å²) in [5.41, 5.74) is 1.76. The monoisotopic (exact) mass is 293 g/mol. The molecule has 1 nitrogen and oxygen atoms in total. The van der Waals surface area contributed by atoms with Crippen LogP contribution in [0, 0.1) is 0 Å². The second-order valence-electron chi connectivity index (χ2n) is 5.58. The van der Waals surface area contributed by atoms with Gasteiger partial charge < -0.3 is 5.32 Å². The van der Waals surface area contributed by atoms with E-state index in [1.165, 1.54) is 5.39 Å². The molecule has 22 heavy (non-hydrogen) atoms. The molecule has 112 valence electrons. The third-order valence-electron chi connectivity index (χ3n) is 4.10. The number of halogens is 1. The summed E-state index contributed by atoms with van der Waals surface area (Å²) < 4.78 is 15.0. The van der Waals surface area contributed by atoms with Crippen molar-refractivity contribution in [1.29, 1.82) is 0 Å². The van der Waals surface area contributed by atoms with Crippen molar-refractivity contribution in [2.24, 2.45) is 0 Å². The Hall–Kier alpha value is -2.19. The van der Waals surface area contributed by atoms with Gasteiger partial charge in [-0.1, -0.05) is 72.8 Å². The summed E-state index contributed by atoms with van der Waals surface area (Å²) in [4.78, 5) is 0. The second-order valence-corrected chi connectivity index (χ2v) is 5.58. The molecule has 3 rings (SSSR count). The highest BCUT2D eigenvalue weighted by molar-refractivity contribution is 5.83. The number of likely N-dealkylation sites (N-methyl/N-ethyl adjacent to an activating group) is 1. The minimum absolute atomic E-state index is 0.197. The van der Waals surface area contributed by atoms with Crippen molar-refractivity contribution in [3.63, 3.8) is 0 Å². The quantitative estimate of drug-likeness (QED) is 0.709. The van der Waals surface area contributed by atoms with E-state index in [1.54, 1.807) is 0 Å². The Bertz CT molecular complexity index is 739. The normalized spacial score (nSPS) is 13.9. The molecule has 3 aromatic carbocycles. The maximum atomic E-state index is 15.0. The van der Waals surface area contributed by atoms with Gasteiger partial charge in [-0.3, -0.25) is 0 Å². The molecule has 2 heteroatoms. The highest BCUT2D eigenvalue weighted by Crippen LogP contribution is 2.35. The summed E-state index contributed by atoms with van der Waals surface area (Å²) in [6, 6.07) is 23.8. The first-order valence-electron chi connectivity index (χ1n) is 7.62. The molecule has 0 amide bonds. The molecular formula is C20H20FN. The standard InChI is InChI=1S/C20H20FN/c1-22-14-19(20(21)16-8-3-2-4-9-16)18-12-11-15-7-5-6-10-17(15)13-18/h2-13,19-20,22H,14H2,1H3/t19-,20?/m1/s1. The molecular weight excluding hydrogens is 273 g/mol. The van der Waals surface area contributed by atoms with Crippen molar-refractivity contribution in [1.82, 2.24) is 5.32 Å². The molecule has 0 bridgehead atoms. The number of hydrogen-bond donors (Lipinski definition) is 1. The number of nitrogens with one attached hydrogen (secondary N) is 1. The molecule has 0 spiro atoms. The van der Waals surface area contributed by atoms with Crippen molar-refractivity contribution < 1.29 is 4.39 Å². The lowest BCUT2D eigenvalue weighted by Gasteiger charge is -2.22. The molecule has 0 fully saturated rings. The fraction of sp³-hybridized carbons (Fsp3) is 0.200. The van der Waals surface area contributed by atoms with E-state index in [1.807, 2.05) is 55.6 Å². The molecule has 0 aliphatic rings. The van der Waals surface area contributed by atoms with E-state index < -0.39 is 6.17 Å². The zero-order valence-electron chi connectivity index (χ0n) is 12.7. The Morgan fingerprint density at radius 1 is 0.818 bits per heavy atom. The van der Waals surface area contributed by atoms with E-state index in [-0.39, 0.29) is 5.92 Å². The van der Waals surface area contributed by atoms with E-state index in [4.69, 9.17) is 0 Å².